The van der Waals surface area contributed by atoms with E-state index in [9.17, 15) is 9.59 Å². The minimum absolute atomic E-state index is 0.0417. The van der Waals surface area contributed by atoms with Crippen LogP contribution in [0.4, 0.5) is 11.6 Å². The van der Waals surface area contributed by atoms with Crippen LogP contribution in [0, 0.1) is 5.92 Å². The average Bonchev–Trinajstić information content (AvgIpc) is 3.23. The van der Waals surface area contributed by atoms with Crippen molar-refractivity contribution in [2.45, 2.75) is 20.3 Å². The molecule has 31 heavy (non-hydrogen) atoms. The van der Waals surface area contributed by atoms with Gasteiger partial charge in [-0.05, 0) is 24.1 Å². The van der Waals surface area contributed by atoms with Gasteiger partial charge in [0.25, 0.3) is 0 Å². The molecule has 1 aliphatic heterocycles. The SMILES string of the molecule is CC/C=C/C(C)C(=O)Nc1cccc(-c2csc3c(=O)cc(N4CCOCC4)oc23)c1. The fourth-order valence-corrected chi connectivity index (χ4v) is 4.43. The Balaban J connectivity index is 1.65. The van der Waals surface area contributed by atoms with E-state index >= 15 is 0 Å². The molecule has 1 aliphatic rings. The zero-order valence-electron chi connectivity index (χ0n) is 17.7. The molecule has 1 fully saturated rings. The fourth-order valence-electron chi connectivity index (χ4n) is 3.52. The smallest absolute Gasteiger partial charge is 0.231 e. The Labute approximate surface area is 185 Å². The Morgan fingerprint density at radius 2 is 2.10 bits per heavy atom. The van der Waals surface area contributed by atoms with Crippen LogP contribution in [0.5, 0.6) is 0 Å². The molecule has 4 rings (SSSR count). The Morgan fingerprint density at radius 3 is 2.87 bits per heavy atom. The highest BCUT2D eigenvalue weighted by molar-refractivity contribution is 7.17. The maximum atomic E-state index is 12.7. The van der Waals surface area contributed by atoms with Crippen molar-refractivity contribution in [3.8, 4) is 11.1 Å². The zero-order chi connectivity index (χ0) is 21.8. The molecule has 3 aromatic rings. The molecule has 0 spiro atoms. The van der Waals surface area contributed by atoms with Gasteiger partial charge in [-0.25, -0.2) is 0 Å². The van der Waals surface area contributed by atoms with Crippen LogP contribution in [0.3, 0.4) is 0 Å². The lowest BCUT2D eigenvalue weighted by molar-refractivity contribution is -0.118. The number of morpholine rings is 1. The highest BCUT2D eigenvalue weighted by Crippen LogP contribution is 2.35. The molecule has 0 saturated carbocycles. The van der Waals surface area contributed by atoms with Crippen LogP contribution in [-0.4, -0.2) is 32.2 Å². The van der Waals surface area contributed by atoms with Gasteiger partial charge in [0, 0.05) is 35.8 Å². The number of amides is 1. The number of nitrogens with zero attached hydrogens (tertiary/aromatic N) is 1. The second kappa shape index (κ2) is 9.49. The number of hydrogen-bond donors (Lipinski definition) is 1. The lowest BCUT2D eigenvalue weighted by Crippen LogP contribution is -2.36. The number of allylic oxidation sites excluding steroid dienone is 1. The maximum absolute atomic E-state index is 12.7. The molecule has 1 amide bonds. The molecule has 1 aromatic carbocycles. The van der Waals surface area contributed by atoms with Crippen molar-refractivity contribution in [1.82, 2.24) is 0 Å². The van der Waals surface area contributed by atoms with Crippen LogP contribution in [0.15, 0.2) is 57.1 Å². The second-order valence-corrected chi connectivity index (χ2v) is 8.43. The molecule has 162 valence electrons. The quantitative estimate of drug-likeness (QED) is 0.554. The standard InChI is InChI=1S/C24H26N2O4S/c1-3-4-6-16(2)24(28)25-18-8-5-7-17(13-18)19-15-31-23-20(27)14-21(30-22(19)23)26-9-11-29-12-10-26/h4-8,13-16H,3,9-12H2,1-2H3,(H,25,28)/b6-4+. The number of ether oxygens (including phenoxy) is 1. The van der Waals surface area contributed by atoms with Crippen LogP contribution in [-0.2, 0) is 9.53 Å². The minimum Gasteiger partial charge on any atom is -0.439 e. The Kier molecular flexibility index (Phi) is 6.53. The lowest BCUT2D eigenvalue weighted by atomic mass is 10.1. The average molecular weight is 439 g/mol. The Hall–Kier alpha value is -2.90. The van der Waals surface area contributed by atoms with Crippen molar-refractivity contribution in [1.29, 1.82) is 0 Å². The van der Waals surface area contributed by atoms with E-state index in [4.69, 9.17) is 9.15 Å². The molecule has 1 atom stereocenters. The monoisotopic (exact) mass is 438 g/mol. The van der Waals surface area contributed by atoms with Gasteiger partial charge in [-0.3, -0.25) is 9.59 Å². The van der Waals surface area contributed by atoms with E-state index in [0.717, 1.165) is 17.5 Å². The zero-order valence-corrected chi connectivity index (χ0v) is 18.5. The summed E-state index contributed by atoms with van der Waals surface area (Å²) in [4.78, 5) is 27.2. The normalized spacial score (nSPS) is 15.5. The molecule has 7 heteroatoms. The number of carbonyl (C=O) groups is 1. The fraction of sp³-hybridized carbons (Fsp3) is 0.333. The molecule has 6 nitrogen and oxygen atoms in total. The summed E-state index contributed by atoms with van der Waals surface area (Å²) in [6, 6.07) is 9.19. The van der Waals surface area contributed by atoms with E-state index in [1.165, 1.54) is 11.3 Å². The number of nitrogens with one attached hydrogen (secondary N) is 1. The molecule has 0 bridgehead atoms. The Morgan fingerprint density at radius 1 is 1.29 bits per heavy atom. The van der Waals surface area contributed by atoms with E-state index < -0.39 is 0 Å². The van der Waals surface area contributed by atoms with Gasteiger partial charge < -0.3 is 19.4 Å². The molecular formula is C24H26N2O4S. The summed E-state index contributed by atoms with van der Waals surface area (Å²) in [5.74, 6) is 0.305. The van der Waals surface area contributed by atoms with Crippen molar-refractivity contribution in [3.05, 3.63) is 58.1 Å². The summed E-state index contributed by atoms with van der Waals surface area (Å²) < 4.78 is 12.2. The third-order valence-electron chi connectivity index (χ3n) is 5.27. The summed E-state index contributed by atoms with van der Waals surface area (Å²) in [5.41, 5.74) is 3.00. The lowest BCUT2D eigenvalue weighted by Gasteiger charge is -2.27. The van der Waals surface area contributed by atoms with Gasteiger partial charge in [-0.1, -0.05) is 38.1 Å². The largest absolute Gasteiger partial charge is 0.439 e. The van der Waals surface area contributed by atoms with Gasteiger partial charge in [0.1, 0.15) is 4.70 Å². The maximum Gasteiger partial charge on any atom is 0.231 e. The van der Waals surface area contributed by atoms with E-state index in [1.807, 2.05) is 60.5 Å². The topological polar surface area (TPSA) is 71.8 Å². The van der Waals surface area contributed by atoms with Gasteiger partial charge >= 0.3 is 0 Å². The van der Waals surface area contributed by atoms with E-state index in [0.29, 0.717) is 48.2 Å². The molecular weight excluding hydrogens is 412 g/mol. The molecule has 0 radical (unpaired) electrons. The summed E-state index contributed by atoms with van der Waals surface area (Å²) >= 11 is 1.38. The van der Waals surface area contributed by atoms with Crippen molar-refractivity contribution >= 4 is 39.1 Å². The third-order valence-corrected chi connectivity index (χ3v) is 6.24. The summed E-state index contributed by atoms with van der Waals surface area (Å²) in [6.07, 6.45) is 4.80. The highest BCUT2D eigenvalue weighted by Gasteiger charge is 2.19. The Bertz CT molecular complexity index is 1160. The number of thiophene rings is 1. The number of carbonyl (C=O) groups excluding carboxylic acids is 1. The molecule has 0 aliphatic carbocycles. The van der Waals surface area contributed by atoms with Crippen molar-refractivity contribution in [2.75, 3.05) is 36.5 Å². The van der Waals surface area contributed by atoms with Crippen LogP contribution >= 0.6 is 11.3 Å². The van der Waals surface area contributed by atoms with Gasteiger partial charge in [-0.2, -0.15) is 0 Å². The predicted molar refractivity (Wildman–Crippen MR) is 126 cm³/mol. The number of hydrogen-bond acceptors (Lipinski definition) is 6. The second-order valence-electron chi connectivity index (χ2n) is 7.55. The molecule has 3 heterocycles. The highest BCUT2D eigenvalue weighted by atomic mass is 32.1. The van der Waals surface area contributed by atoms with E-state index in [-0.39, 0.29) is 17.3 Å². The van der Waals surface area contributed by atoms with Crippen LogP contribution in [0.2, 0.25) is 0 Å². The van der Waals surface area contributed by atoms with Gasteiger partial charge in [0.15, 0.2) is 11.5 Å². The van der Waals surface area contributed by atoms with Gasteiger partial charge in [0.05, 0.1) is 19.1 Å². The van der Waals surface area contributed by atoms with E-state index in [1.54, 1.807) is 6.07 Å². The first-order valence-corrected chi connectivity index (χ1v) is 11.4. The third kappa shape index (κ3) is 4.73. The van der Waals surface area contributed by atoms with Crippen molar-refractivity contribution in [3.63, 3.8) is 0 Å². The van der Waals surface area contributed by atoms with E-state index in [2.05, 4.69) is 5.32 Å². The minimum atomic E-state index is -0.209. The number of rotatable bonds is 6. The van der Waals surface area contributed by atoms with Crippen molar-refractivity contribution < 1.29 is 13.9 Å². The predicted octanol–water partition coefficient (Wildman–Crippen LogP) is 4.90. The van der Waals surface area contributed by atoms with Gasteiger partial charge in [-0.15, -0.1) is 11.3 Å². The van der Waals surface area contributed by atoms with Crippen LogP contribution < -0.4 is 15.6 Å². The molecule has 2 aromatic heterocycles. The van der Waals surface area contributed by atoms with Crippen molar-refractivity contribution in [2.24, 2.45) is 5.92 Å². The number of fused-ring (bicyclic) bond motifs is 1. The van der Waals surface area contributed by atoms with Crippen LogP contribution in [0.1, 0.15) is 20.3 Å². The first-order valence-electron chi connectivity index (χ1n) is 10.5. The summed E-state index contributed by atoms with van der Waals surface area (Å²) in [7, 11) is 0. The molecule has 1 saturated heterocycles. The summed E-state index contributed by atoms with van der Waals surface area (Å²) in [6.45, 7) is 6.54. The number of anilines is 2. The number of benzene rings is 1. The molecule has 1 unspecified atom stereocenters. The first kappa shape index (κ1) is 21.3. The molecule has 1 N–H and O–H groups in total. The van der Waals surface area contributed by atoms with Gasteiger partial charge in [0.2, 0.25) is 11.3 Å². The summed E-state index contributed by atoms with van der Waals surface area (Å²) in [5, 5.41) is 4.91. The first-order chi connectivity index (χ1) is 15.1. The van der Waals surface area contributed by atoms with Crippen LogP contribution in [0.25, 0.3) is 21.4 Å².